The molecule has 2 unspecified atom stereocenters. The second-order valence-electron chi connectivity index (χ2n) is 4.96. The van der Waals surface area contributed by atoms with E-state index >= 15 is 0 Å². The molecule has 1 aliphatic rings. The van der Waals surface area contributed by atoms with Gasteiger partial charge in [-0.2, -0.15) is 13.2 Å². The van der Waals surface area contributed by atoms with Gasteiger partial charge in [0, 0.05) is 12.6 Å². The Balaban J connectivity index is 2.87. The molecule has 0 amide bonds. The number of hydrogen-bond acceptors (Lipinski definition) is 2. The Morgan fingerprint density at radius 3 is 2.39 bits per heavy atom. The largest absolute Gasteiger partial charge is 0.481 e. The molecule has 1 N–H and O–H groups in total. The molecule has 3 nitrogen and oxygen atoms in total. The first-order chi connectivity index (χ1) is 8.28. The van der Waals surface area contributed by atoms with Gasteiger partial charge in [0.1, 0.15) is 0 Å². The number of carbonyl (C=O) groups is 1. The standard InChI is InChI=1S/C12H20F3NO2/c1-3-5-9(4-2)16-7-6-11(8-16,10(17)18)12(13,14)15/h9H,3-8H2,1-2H3,(H,17,18). The molecule has 2 atom stereocenters. The van der Waals surface area contributed by atoms with Gasteiger partial charge in [-0.05, 0) is 25.8 Å². The predicted octanol–water partition coefficient (Wildman–Crippen LogP) is 2.90. The van der Waals surface area contributed by atoms with E-state index in [2.05, 4.69) is 0 Å². The Hall–Kier alpha value is -0.780. The van der Waals surface area contributed by atoms with Crippen molar-refractivity contribution in [3.05, 3.63) is 0 Å². The zero-order valence-corrected chi connectivity index (χ0v) is 10.8. The monoisotopic (exact) mass is 267 g/mol. The summed E-state index contributed by atoms with van der Waals surface area (Å²) in [6, 6.07) is 0.0542. The van der Waals surface area contributed by atoms with Crippen molar-refractivity contribution in [1.29, 1.82) is 0 Å². The minimum Gasteiger partial charge on any atom is -0.481 e. The summed E-state index contributed by atoms with van der Waals surface area (Å²) in [6.45, 7) is 3.70. The molecule has 0 saturated carbocycles. The number of likely N-dealkylation sites (tertiary alicyclic amines) is 1. The van der Waals surface area contributed by atoms with Crippen molar-refractivity contribution in [3.63, 3.8) is 0 Å². The molecule has 6 heteroatoms. The van der Waals surface area contributed by atoms with Crippen molar-refractivity contribution in [2.24, 2.45) is 5.41 Å². The van der Waals surface area contributed by atoms with E-state index < -0.39 is 24.1 Å². The molecule has 0 aliphatic carbocycles. The third kappa shape index (κ3) is 2.63. The minimum atomic E-state index is -4.68. The first-order valence-corrected chi connectivity index (χ1v) is 6.32. The van der Waals surface area contributed by atoms with Crippen LogP contribution < -0.4 is 0 Å². The number of alkyl halides is 3. The van der Waals surface area contributed by atoms with E-state index in [0.29, 0.717) is 0 Å². The lowest BCUT2D eigenvalue weighted by molar-refractivity contribution is -0.227. The molecule has 1 fully saturated rings. The van der Waals surface area contributed by atoms with Gasteiger partial charge < -0.3 is 5.11 Å². The number of nitrogens with zero attached hydrogens (tertiary/aromatic N) is 1. The number of carboxylic acid groups (broad SMARTS) is 1. The Labute approximate surface area is 105 Å². The molecule has 0 radical (unpaired) electrons. The molecule has 0 spiro atoms. The Morgan fingerprint density at radius 2 is 2.06 bits per heavy atom. The van der Waals surface area contributed by atoms with Gasteiger partial charge in [0.05, 0.1) is 0 Å². The molecule has 1 saturated heterocycles. The van der Waals surface area contributed by atoms with Crippen LogP contribution in [0, 0.1) is 5.41 Å². The van der Waals surface area contributed by atoms with Gasteiger partial charge in [-0.1, -0.05) is 20.3 Å². The molecular weight excluding hydrogens is 247 g/mol. The van der Waals surface area contributed by atoms with Crippen molar-refractivity contribution in [2.75, 3.05) is 13.1 Å². The van der Waals surface area contributed by atoms with Crippen LogP contribution in [0.15, 0.2) is 0 Å². The molecular formula is C12H20F3NO2. The zero-order chi connectivity index (χ0) is 14.0. The van der Waals surface area contributed by atoms with E-state index in [1.165, 1.54) is 0 Å². The van der Waals surface area contributed by atoms with Crippen LogP contribution in [0.2, 0.25) is 0 Å². The highest BCUT2D eigenvalue weighted by Crippen LogP contribution is 2.46. The van der Waals surface area contributed by atoms with Crippen molar-refractivity contribution < 1.29 is 23.1 Å². The molecule has 0 aromatic carbocycles. The van der Waals surface area contributed by atoms with Gasteiger partial charge >= 0.3 is 12.1 Å². The van der Waals surface area contributed by atoms with Crippen LogP contribution in [-0.4, -0.2) is 41.3 Å². The zero-order valence-electron chi connectivity index (χ0n) is 10.8. The molecule has 1 rings (SSSR count). The van der Waals surface area contributed by atoms with Crippen molar-refractivity contribution >= 4 is 5.97 Å². The van der Waals surface area contributed by atoms with Crippen molar-refractivity contribution in [2.45, 2.75) is 51.7 Å². The Kier molecular flexibility index (Phi) is 4.64. The molecule has 1 heterocycles. The van der Waals surface area contributed by atoms with Gasteiger partial charge in [0.2, 0.25) is 0 Å². The smallest absolute Gasteiger partial charge is 0.406 e. The van der Waals surface area contributed by atoms with Crippen LogP contribution in [-0.2, 0) is 4.79 Å². The van der Waals surface area contributed by atoms with E-state index in [0.717, 1.165) is 19.3 Å². The summed E-state index contributed by atoms with van der Waals surface area (Å²) in [5, 5.41) is 8.95. The lowest BCUT2D eigenvalue weighted by atomic mass is 9.86. The maximum atomic E-state index is 13.0. The van der Waals surface area contributed by atoms with Gasteiger partial charge in [0.15, 0.2) is 5.41 Å². The molecule has 0 bridgehead atoms. The summed E-state index contributed by atoms with van der Waals surface area (Å²) in [5.41, 5.74) is -2.58. The highest BCUT2D eigenvalue weighted by molar-refractivity contribution is 5.76. The average molecular weight is 267 g/mol. The number of aliphatic carboxylic acids is 1. The summed E-state index contributed by atoms with van der Waals surface area (Å²) in [7, 11) is 0. The number of carboxylic acids is 1. The fraction of sp³-hybridized carbons (Fsp3) is 0.917. The van der Waals surface area contributed by atoms with Gasteiger partial charge in [-0.3, -0.25) is 9.69 Å². The minimum absolute atomic E-state index is 0.0542. The molecule has 0 aromatic heterocycles. The number of hydrogen-bond donors (Lipinski definition) is 1. The maximum Gasteiger partial charge on any atom is 0.406 e. The van der Waals surface area contributed by atoms with Crippen LogP contribution in [0.5, 0.6) is 0 Å². The van der Waals surface area contributed by atoms with Gasteiger partial charge in [-0.25, -0.2) is 0 Å². The number of rotatable bonds is 5. The van der Waals surface area contributed by atoms with Crippen molar-refractivity contribution in [1.82, 2.24) is 4.90 Å². The topological polar surface area (TPSA) is 40.5 Å². The summed E-state index contributed by atoms with van der Waals surface area (Å²) in [5.74, 6) is -1.75. The van der Waals surface area contributed by atoms with E-state index in [4.69, 9.17) is 5.11 Å². The van der Waals surface area contributed by atoms with E-state index in [1.54, 1.807) is 4.90 Å². The SMILES string of the molecule is CCCC(CC)N1CCC(C(=O)O)(C(F)(F)F)C1. The maximum absolute atomic E-state index is 13.0. The Morgan fingerprint density at radius 1 is 1.44 bits per heavy atom. The van der Waals surface area contributed by atoms with Gasteiger partial charge in [-0.15, -0.1) is 0 Å². The van der Waals surface area contributed by atoms with E-state index in [9.17, 15) is 18.0 Å². The van der Waals surface area contributed by atoms with E-state index in [-0.39, 0.29) is 19.0 Å². The highest BCUT2D eigenvalue weighted by atomic mass is 19.4. The second-order valence-corrected chi connectivity index (χ2v) is 4.96. The predicted molar refractivity (Wildman–Crippen MR) is 61.3 cm³/mol. The second kappa shape index (κ2) is 5.47. The Bertz CT molecular complexity index is 306. The summed E-state index contributed by atoms with van der Waals surface area (Å²) in [4.78, 5) is 12.7. The average Bonchev–Trinajstić information content (AvgIpc) is 2.71. The third-order valence-corrected chi connectivity index (χ3v) is 3.86. The number of halogens is 3. The lowest BCUT2D eigenvalue weighted by Crippen LogP contribution is -2.48. The normalized spacial score (nSPS) is 27.4. The molecule has 18 heavy (non-hydrogen) atoms. The van der Waals surface area contributed by atoms with Crippen LogP contribution >= 0.6 is 0 Å². The van der Waals surface area contributed by atoms with Crippen LogP contribution in [0.1, 0.15) is 39.5 Å². The fourth-order valence-electron chi connectivity index (χ4n) is 2.66. The highest BCUT2D eigenvalue weighted by Gasteiger charge is 2.63. The fourth-order valence-corrected chi connectivity index (χ4v) is 2.66. The third-order valence-electron chi connectivity index (χ3n) is 3.86. The molecule has 1 aliphatic heterocycles. The molecule has 106 valence electrons. The summed E-state index contributed by atoms with van der Waals surface area (Å²) < 4.78 is 39.0. The van der Waals surface area contributed by atoms with Gasteiger partial charge in [0.25, 0.3) is 0 Å². The van der Waals surface area contributed by atoms with Crippen molar-refractivity contribution in [3.8, 4) is 0 Å². The van der Waals surface area contributed by atoms with Crippen LogP contribution in [0.25, 0.3) is 0 Å². The lowest BCUT2D eigenvalue weighted by Gasteiger charge is -2.30. The first kappa shape index (κ1) is 15.3. The quantitative estimate of drug-likeness (QED) is 0.832. The molecule has 0 aromatic rings. The first-order valence-electron chi connectivity index (χ1n) is 6.32. The summed E-state index contributed by atoms with van der Waals surface area (Å²) >= 11 is 0. The summed E-state index contributed by atoms with van der Waals surface area (Å²) in [6.07, 6.45) is -2.57. The van der Waals surface area contributed by atoms with Crippen LogP contribution in [0.3, 0.4) is 0 Å². The van der Waals surface area contributed by atoms with Crippen LogP contribution in [0.4, 0.5) is 13.2 Å². The van der Waals surface area contributed by atoms with E-state index in [1.807, 2.05) is 13.8 Å².